The number of hydrogen-bond acceptors (Lipinski definition) is 7. The van der Waals surface area contributed by atoms with E-state index < -0.39 is 12.2 Å². The van der Waals surface area contributed by atoms with Crippen LogP contribution >= 0.6 is 0 Å². The summed E-state index contributed by atoms with van der Waals surface area (Å²) in [5, 5.41) is 22.6. The summed E-state index contributed by atoms with van der Waals surface area (Å²) in [6, 6.07) is 0. The molecule has 4 aliphatic carbocycles. The Morgan fingerprint density at radius 3 is 2.76 bits per heavy atom. The number of aliphatic hydroxyl groups is 2. The van der Waals surface area contributed by atoms with Crippen LogP contribution in [0.25, 0.3) is 0 Å². The van der Waals surface area contributed by atoms with E-state index in [1.54, 1.807) is 12.2 Å². The van der Waals surface area contributed by atoms with Gasteiger partial charge in [-0.15, -0.1) is 0 Å². The highest BCUT2D eigenvalue weighted by Gasteiger charge is 2.62. The minimum absolute atomic E-state index is 0.0225. The highest BCUT2D eigenvalue weighted by atomic mass is 16.6. The van der Waals surface area contributed by atoms with Gasteiger partial charge in [-0.3, -0.25) is 9.59 Å². The van der Waals surface area contributed by atoms with Crippen LogP contribution in [-0.2, 0) is 19.1 Å². The molecule has 8 heteroatoms. The second kappa shape index (κ2) is 9.91. The number of alkyl carbamates (subject to hydrolysis) is 1. The Morgan fingerprint density at radius 2 is 2.00 bits per heavy atom. The number of ketones is 2. The number of allylic oxidation sites excluding steroid dienone is 4. The third-order valence-corrected chi connectivity index (χ3v) is 8.98. The molecule has 0 heterocycles. The van der Waals surface area contributed by atoms with Crippen molar-refractivity contribution in [2.24, 2.45) is 34.5 Å². The van der Waals surface area contributed by atoms with Gasteiger partial charge >= 0.3 is 6.09 Å². The molecule has 3 saturated carbocycles. The van der Waals surface area contributed by atoms with Gasteiger partial charge in [-0.2, -0.15) is 0 Å². The van der Waals surface area contributed by atoms with Gasteiger partial charge in [0.15, 0.2) is 18.2 Å². The fourth-order valence-corrected chi connectivity index (χ4v) is 7.53. The molecule has 4 aliphatic rings. The fourth-order valence-electron chi connectivity index (χ4n) is 7.53. The Morgan fingerprint density at radius 1 is 1.21 bits per heavy atom. The van der Waals surface area contributed by atoms with Crippen molar-refractivity contribution >= 4 is 17.7 Å². The maximum atomic E-state index is 13.1. The van der Waals surface area contributed by atoms with E-state index in [0.29, 0.717) is 12.3 Å². The first-order valence-electron chi connectivity index (χ1n) is 12.4. The minimum Gasteiger partial charge on any atom is -0.442 e. The molecule has 4 rings (SSSR count). The summed E-state index contributed by atoms with van der Waals surface area (Å²) in [6.45, 7) is 4.60. The number of rotatable bonds is 8. The molecule has 0 bridgehead atoms. The number of aliphatic hydroxyl groups excluding tert-OH is 2. The van der Waals surface area contributed by atoms with Gasteiger partial charge in [0.25, 0.3) is 0 Å². The molecule has 7 atom stereocenters. The van der Waals surface area contributed by atoms with E-state index in [-0.39, 0.29) is 73.1 Å². The Hall–Kier alpha value is -2.03. The van der Waals surface area contributed by atoms with Gasteiger partial charge in [0.2, 0.25) is 0 Å². The standard InChI is InChI=1S/C26H37NO7/c1-25-8-7-17(29)13-16(25)3-4-18-19-5-6-20(26(19,2)14-21(30)23(18)25)22(31)15-34-24(32)27-9-11-33-12-10-28/h7-8,13,18-21,23,28,30H,3-6,9-12,14-15H2,1-2H3,(H,27,32). The number of nitrogens with one attached hydrogen (secondary N) is 1. The predicted octanol–water partition coefficient (Wildman–Crippen LogP) is 2.19. The average Bonchev–Trinajstić information content (AvgIpc) is 3.14. The lowest BCUT2D eigenvalue weighted by molar-refractivity contribution is -0.141. The summed E-state index contributed by atoms with van der Waals surface area (Å²) >= 11 is 0. The van der Waals surface area contributed by atoms with Gasteiger partial charge in [0.05, 0.1) is 25.9 Å². The van der Waals surface area contributed by atoms with Crippen molar-refractivity contribution in [3.8, 4) is 0 Å². The van der Waals surface area contributed by atoms with Crippen LogP contribution in [0.2, 0.25) is 0 Å². The van der Waals surface area contributed by atoms with Gasteiger partial charge in [-0.1, -0.05) is 25.5 Å². The second-order valence-corrected chi connectivity index (χ2v) is 10.7. The summed E-state index contributed by atoms with van der Waals surface area (Å²) in [5.41, 5.74) is 0.471. The number of ether oxygens (including phenoxy) is 2. The van der Waals surface area contributed by atoms with E-state index in [0.717, 1.165) is 31.3 Å². The number of hydrogen-bond donors (Lipinski definition) is 3. The van der Waals surface area contributed by atoms with E-state index in [4.69, 9.17) is 14.6 Å². The van der Waals surface area contributed by atoms with Crippen LogP contribution in [-0.4, -0.2) is 66.9 Å². The molecule has 0 saturated heterocycles. The quantitative estimate of drug-likeness (QED) is 0.460. The largest absolute Gasteiger partial charge is 0.442 e. The number of fused-ring (bicyclic) bond motifs is 5. The van der Waals surface area contributed by atoms with Crippen molar-refractivity contribution in [1.82, 2.24) is 5.32 Å². The van der Waals surface area contributed by atoms with Crippen LogP contribution in [0.4, 0.5) is 4.79 Å². The van der Waals surface area contributed by atoms with Gasteiger partial charge in [-0.05, 0) is 61.5 Å². The number of carbonyl (C=O) groups excluding carboxylic acids is 3. The minimum atomic E-state index is -0.664. The second-order valence-electron chi connectivity index (χ2n) is 10.7. The summed E-state index contributed by atoms with van der Waals surface area (Å²) in [4.78, 5) is 37.0. The molecule has 0 aromatic rings. The number of amides is 1. The van der Waals surface area contributed by atoms with Gasteiger partial charge in [0, 0.05) is 23.8 Å². The van der Waals surface area contributed by atoms with Crippen LogP contribution in [0.3, 0.4) is 0 Å². The molecule has 0 radical (unpaired) electrons. The van der Waals surface area contributed by atoms with Crippen LogP contribution in [0.1, 0.15) is 46.0 Å². The number of Topliss-reactive ketones (excluding diaryl/α,β-unsaturated/α-hetero) is 1. The summed E-state index contributed by atoms with van der Waals surface area (Å²) < 4.78 is 10.2. The van der Waals surface area contributed by atoms with E-state index in [2.05, 4.69) is 19.2 Å². The topological polar surface area (TPSA) is 122 Å². The maximum Gasteiger partial charge on any atom is 0.407 e. The molecule has 0 aliphatic heterocycles. The zero-order valence-corrected chi connectivity index (χ0v) is 20.1. The van der Waals surface area contributed by atoms with E-state index in [1.807, 2.05) is 6.08 Å². The van der Waals surface area contributed by atoms with Crippen LogP contribution in [0.15, 0.2) is 23.8 Å². The lowest BCUT2D eigenvalue weighted by Crippen LogP contribution is -2.56. The fraction of sp³-hybridized carbons (Fsp3) is 0.731. The lowest BCUT2D eigenvalue weighted by atomic mass is 9.46. The molecule has 3 N–H and O–H groups in total. The molecule has 0 spiro atoms. The molecule has 0 aromatic carbocycles. The third-order valence-electron chi connectivity index (χ3n) is 8.98. The first kappa shape index (κ1) is 25.1. The van der Waals surface area contributed by atoms with Crippen molar-refractivity contribution in [2.45, 2.75) is 52.1 Å². The lowest BCUT2D eigenvalue weighted by Gasteiger charge is -2.58. The molecule has 8 nitrogen and oxygen atoms in total. The molecule has 34 heavy (non-hydrogen) atoms. The monoisotopic (exact) mass is 475 g/mol. The van der Waals surface area contributed by atoms with E-state index in [9.17, 15) is 19.5 Å². The molecular formula is C26H37NO7. The summed E-state index contributed by atoms with van der Waals surface area (Å²) in [7, 11) is 0. The first-order chi connectivity index (χ1) is 16.2. The Labute approximate surface area is 200 Å². The van der Waals surface area contributed by atoms with Crippen molar-refractivity contribution in [3.05, 3.63) is 23.8 Å². The normalized spacial score (nSPS) is 38.4. The molecule has 1 amide bonds. The van der Waals surface area contributed by atoms with Crippen molar-refractivity contribution in [2.75, 3.05) is 33.0 Å². The van der Waals surface area contributed by atoms with Crippen molar-refractivity contribution < 1.29 is 34.1 Å². The Balaban J connectivity index is 1.39. The van der Waals surface area contributed by atoms with Gasteiger partial charge in [-0.25, -0.2) is 4.79 Å². The van der Waals surface area contributed by atoms with Gasteiger partial charge < -0.3 is 25.0 Å². The third kappa shape index (κ3) is 4.48. The van der Waals surface area contributed by atoms with Crippen LogP contribution in [0.5, 0.6) is 0 Å². The highest BCUT2D eigenvalue weighted by molar-refractivity contribution is 6.01. The predicted molar refractivity (Wildman–Crippen MR) is 124 cm³/mol. The zero-order chi connectivity index (χ0) is 24.5. The Kier molecular flexibility index (Phi) is 7.31. The molecule has 188 valence electrons. The molecular weight excluding hydrogens is 438 g/mol. The summed E-state index contributed by atoms with van der Waals surface area (Å²) in [5.74, 6) is 0.328. The Bertz CT molecular complexity index is 882. The highest BCUT2D eigenvalue weighted by Crippen LogP contribution is 2.66. The summed E-state index contributed by atoms with van der Waals surface area (Å²) in [6.07, 6.45) is 8.11. The maximum absolute atomic E-state index is 13.1. The molecule has 3 fully saturated rings. The number of carbonyl (C=O) groups is 3. The zero-order valence-electron chi connectivity index (χ0n) is 20.1. The van der Waals surface area contributed by atoms with E-state index >= 15 is 0 Å². The van der Waals surface area contributed by atoms with E-state index in [1.165, 1.54) is 0 Å². The van der Waals surface area contributed by atoms with Crippen LogP contribution < -0.4 is 5.32 Å². The van der Waals surface area contributed by atoms with Crippen molar-refractivity contribution in [1.29, 1.82) is 0 Å². The van der Waals surface area contributed by atoms with Crippen LogP contribution in [0, 0.1) is 34.5 Å². The first-order valence-corrected chi connectivity index (χ1v) is 12.4. The molecule has 7 unspecified atom stereocenters. The van der Waals surface area contributed by atoms with Crippen molar-refractivity contribution in [3.63, 3.8) is 0 Å². The average molecular weight is 476 g/mol. The SMILES string of the molecule is CC12C=CC(=O)C=C1CCC1C2C(O)CC2(C)C(C(=O)COC(=O)NCCOCCO)CCC12. The van der Waals surface area contributed by atoms with Gasteiger partial charge in [0.1, 0.15) is 0 Å². The molecule has 0 aromatic heterocycles. The smallest absolute Gasteiger partial charge is 0.407 e.